The van der Waals surface area contributed by atoms with Gasteiger partial charge >= 0.3 is 0 Å². The maximum Gasteiger partial charge on any atom is 0.272 e. The van der Waals surface area contributed by atoms with Crippen LogP contribution in [0.3, 0.4) is 0 Å². The third kappa shape index (κ3) is 7.88. The maximum atomic E-state index is 13.9. The first-order chi connectivity index (χ1) is 20.0. The van der Waals surface area contributed by atoms with Crippen LogP contribution in [0.1, 0.15) is 48.2 Å². The van der Waals surface area contributed by atoms with Crippen LogP contribution in [0.15, 0.2) is 72.9 Å². The van der Waals surface area contributed by atoms with Crippen LogP contribution in [0.25, 0.3) is 0 Å². The zero-order valence-corrected chi connectivity index (χ0v) is 24.9. The molecule has 216 valence electrons. The lowest BCUT2D eigenvalue weighted by atomic mass is 9.90. The minimum atomic E-state index is -0.147. The van der Waals surface area contributed by atoms with E-state index >= 15 is 0 Å². The van der Waals surface area contributed by atoms with Crippen molar-refractivity contribution in [2.24, 2.45) is 11.8 Å². The molecular weight excluding hydrogens is 555 g/mol. The lowest BCUT2D eigenvalue weighted by Gasteiger charge is -2.35. The van der Waals surface area contributed by atoms with E-state index in [4.69, 9.17) is 23.2 Å². The maximum absolute atomic E-state index is 13.9. The van der Waals surface area contributed by atoms with E-state index in [0.29, 0.717) is 48.2 Å². The summed E-state index contributed by atoms with van der Waals surface area (Å²) in [4.78, 5) is 37.1. The second-order valence-corrected chi connectivity index (χ2v) is 12.0. The van der Waals surface area contributed by atoms with Crippen molar-refractivity contribution in [1.29, 1.82) is 0 Å². The SMILES string of the molecule is O=C(c1ccccn1)N1CCC(C(=O)N(CCCN2CCC(Cc3ccccc3)CC2)c2ccc(Cl)c(Cl)c2)CC1. The Hall–Kier alpha value is -2.93. The quantitative estimate of drug-likeness (QED) is 0.280. The van der Waals surface area contributed by atoms with Crippen molar-refractivity contribution in [2.45, 2.75) is 38.5 Å². The van der Waals surface area contributed by atoms with E-state index < -0.39 is 0 Å². The van der Waals surface area contributed by atoms with Crippen molar-refractivity contribution in [3.63, 3.8) is 0 Å². The molecule has 0 saturated carbocycles. The highest BCUT2D eigenvalue weighted by atomic mass is 35.5. The van der Waals surface area contributed by atoms with Crippen molar-refractivity contribution >= 4 is 40.7 Å². The van der Waals surface area contributed by atoms with Crippen molar-refractivity contribution in [2.75, 3.05) is 44.2 Å². The van der Waals surface area contributed by atoms with Gasteiger partial charge in [0.1, 0.15) is 5.69 Å². The van der Waals surface area contributed by atoms with Crippen molar-refractivity contribution in [1.82, 2.24) is 14.8 Å². The van der Waals surface area contributed by atoms with Crippen LogP contribution < -0.4 is 4.90 Å². The Balaban J connectivity index is 1.15. The third-order valence-electron chi connectivity index (χ3n) is 8.43. The standard InChI is InChI=1S/C33H38Cl2N4O2/c34-29-11-10-28(24-30(29)35)39(18-6-17-37-19-12-26(13-20-37)23-25-7-2-1-3-8-25)32(40)27-14-21-38(22-15-27)33(41)31-9-4-5-16-36-31/h1-5,7-11,16,24,26-27H,6,12-15,17-23H2. The smallest absolute Gasteiger partial charge is 0.272 e. The van der Waals surface area contributed by atoms with E-state index in [0.717, 1.165) is 44.1 Å². The summed E-state index contributed by atoms with van der Waals surface area (Å²) in [5.41, 5.74) is 2.64. The van der Waals surface area contributed by atoms with Crippen molar-refractivity contribution in [3.8, 4) is 0 Å². The Morgan fingerprint density at radius 1 is 0.854 bits per heavy atom. The molecule has 2 saturated heterocycles. The van der Waals surface area contributed by atoms with Gasteiger partial charge in [-0.05, 0) is 100.0 Å². The molecule has 2 fully saturated rings. The highest BCUT2D eigenvalue weighted by molar-refractivity contribution is 6.42. The molecule has 6 nitrogen and oxygen atoms in total. The number of aromatic nitrogens is 1. The number of halogens is 2. The van der Waals surface area contributed by atoms with Crippen LogP contribution in [0.4, 0.5) is 5.69 Å². The molecule has 3 aromatic rings. The van der Waals surface area contributed by atoms with Crippen LogP contribution in [-0.4, -0.2) is 65.9 Å². The summed E-state index contributed by atoms with van der Waals surface area (Å²) < 4.78 is 0. The van der Waals surface area contributed by atoms with Gasteiger partial charge in [-0.2, -0.15) is 0 Å². The van der Waals surface area contributed by atoms with E-state index in [-0.39, 0.29) is 17.7 Å². The van der Waals surface area contributed by atoms with Gasteiger partial charge in [0.2, 0.25) is 5.91 Å². The Morgan fingerprint density at radius 2 is 1.59 bits per heavy atom. The summed E-state index contributed by atoms with van der Waals surface area (Å²) in [7, 11) is 0. The number of piperidine rings is 2. The average molecular weight is 594 g/mol. The molecule has 41 heavy (non-hydrogen) atoms. The van der Waals surface area contributed by atoms with Crippen LogP contribution in [0.2, 0.25) is 10.0 Å². The number of anilines is 1. The first kappa shape index (κ1) is 29.6. The zero-order chi connectivity index (χ0) is 28.6. The summed E-state index contributed by atoms with van der Waals surface area (Å²) in [6.45, 7) is 4.86. The fourth-order valence-electron chi connectivity index (χ4n) is 6.03. The molecule has 0 aliphatic carbocycles. The Morgan fingerprint density at radius 3 is 2.27 bits per heavy atom. The summed E-state index contributed by atoms with van der Waals surface area (Å²) >= 11 is 12.6. The molecule has 2 aliphatic heterocycles. The highest BCUT2D eigenvalue weighted by Gasteiger charge is 2.32. The largest absolute Gasteiger partial charge is 0.337 e. The highest BCUT2D eigenvalue weighted by Crippen LogP contribution is 2.30. The van der Waals surface area contributed by atoms with Crippen LogP contribution in [0.5, 0.6) is 0 Å². The average Bonchev–Trinajstić information content (AvgIpc) is 3.02. The van der Waals surface area contributed by atoms with Gasteiger partial charge in [0, 0.05) is 37.4 Å². The number of likely N-dealkylation sites (tertiary alicyclic amines) is 2. The summed E-state index contributed by atoms with van der Waals surface area (Å²) in [5, 5.41) is 0.917. The molecule has 3 heterocycles. The predicted octanol–water partition coefficient (Wildman–Crippen LogP) is 6.62. The molecule has 0 N–H and O–H groups in total. The molecule has 0 spiro atoms. The van der Waals surface area contributed by atoms with Crippen molar-refractivity contribution in [3.05, 3.63) is 94.2 Å². The Kier molecular flexibility index (Phi) is 10.3. The van der Waals surface area contributed by atoms with E-state index in [9.17, 15) is 9.59 Å². The van der Waals surface area contributed by atoms with Gasteiger partial charge in [0.15, 0.2) is 0 Å². The number of carbonyl (C=O) groups is 2. The van der Waals surface area contributed by atoms with Gasteiger partial charge < -0.3 is 14.7 Å². The number of benzene rings is 2. The second kappa shape index (κ2) is 14.3. The third-order valence-corrected chi connectivity index (χ3v) is 9.17. The number of nitrogens with zero attached hydrogens (tertiary/aromatic N) is 4. The molecular formula is C33H38Cl2N4O2. The molecule has 0 bridgehead atoms. The van der Waals surface area contributed by atoms with E-state index in [1.165, 1.54) is 18.4 Å². The summed E-state index contributed by atoms with van der Waals surface area (Å²) in [6.07, 6.45) is 7.34. The molecule has 0 unspecified atom stereocenters. The molecule has 0 radical (unpaired) electrons. The predicted molar refractivity (Wildman–Crippen MR) is 166 cm³/mol. The normalized spacial score (nSPS) is 17.0. The van der Waals surface area contributed by atoms with Crippen LogP contribution in [0, 0.1) is 11.8 Å². The van der Waals surface area contributed by atoms with Crippen LogP contribution >= 0.6 is 23.2 Å². The number of hydrogen-bond acceptors (Lipinski definition) is 4. The van der Waals surface area contributed by atoms with Gasteiger partial charge in [-0.15, -0.1) is 0 Å². The number of rotatable bonds is 9. The van der Waals surface area contributed by atoms with Crippen LogP contribution in [-0.2, 0) is 11.2 Å². The Labute approximate surface area is 253 Å². The number of carbonyl (C=O) groups excluding carboxylic acids is 2. The van der Waals surface area contributed by atoms with E-state index in [1.54, 1.807) is 35.4 Å². The monoisotopic (exact) mass is 592 g/mol. The summed E-state index contributed by atoms with van der Waals surface area (Å²) in [5.74, 6) is 0.601. The first-order valence-electron chi connectivity index (χ1n) is 14.7. The van der Waals surface area contributed by atoms with Gasteiger partial charge in [0.25, 0.3) is 5.91 Å². The molecule has 0 atom stereocenters. The fraction of sp³-hybridized carbons (Fsp3) is 0.424. The lowest BCUT2D eigenvalue weighted by Crippen LogP contribution is -2.45. The minimum Gasteiger partial charge on any atom is -0.337 e. The van der Waals surface area contributed by atoms with E-state index in [1.807, 2.05) is 17.0 Å². The number of pyridine rings is 1. The molecule has 5 rings (SSSR count). The lowest BCUT2D eigenvalue weighted by molar-refractivity contribution is -0.123. The molecule has 8 heteroatoms. The van der Waals surface area contributed by atoms with Gasteiger partial charge in [-0.1, -0.05) is 59.6 Å². The second-order valence-electron chi connectivity index (χ2n) is 11.2. The number of amides is 2. The first-order valence-corrected chi connectivity index (χ1v) is 15.5. The van der Waals surface area contributed by atoms with Gasteiger partial charge in [0.05, 0.1) is 10.0 Å². The number of hydrogen-bond donors (Lipinski definition) is 0. The molecule has 2 amide bonds. The van der Waals surface area contributed by atoms with Crippen molar-refractivity contribution < 1.29 is 9.59 Å². The fourth-order valence-corrected chi connectivity index (χ4v) is 6.33. The Bertz CT molecular complexity index is 1290. The molecule has 2 aliphatic rings. The zero-order valence-electron chi connectivity index (χ0n) is 23.4. The summed E-state index contributed by atoms with van der Waals surface area (Å²) in [6, 6.07) is 21.5. The topological polar surface area (TPSA) is 56.8 Å². The van der Waals surface area contributed by atoms with Gasteiger partial charge in [-0.25, -0.2) is 0 Å². The van der Waals surface area contributed by atoms with E-state index in [2.05, 4.69) is 40.2 Å². The minimum absolute atomic E-state index is 0.0784. The molecule has 2 aromatic carbocycles. The van der Waals surface area contributed by atoms with Gasteiger partial charge in [-0.3, -0.25) is 14.6 Å². The molecule has 1 aromatic heterocycles.